The van der Waals surface area contributed by atoms with Crippen molar-refractivity contribution in [3.63, 3.8) is 0 Å². The Kier molecular flexibility index (Phi) is 5.41. The van der Waals surface area contributed by atoms with Crippen LogP contribution in [0.5, 0.6) is 0 Å². The van der Waals surface area contributed by atoms with Crippen LogP contribution < -0.4 is 10.6 Å². The number of carbonyl (C=O) groups excluding carboxylic acids is 1. The average Bonchev–Trinajstić information content (AvgIpc) is 2.86. The van der Waals surface area contributed by atoms with Gasteiger partial charge in [-0.2, -0.15) is 0 Å². The highest BCUT2D eigenvalue weighted by Gasteiger charge is 2.26. The summed E-state index contributed by atoms with van der Waals surface area (Å²) in [6.07, 6.45) is 3.61. The van der Waals surface area contributed by atoms with E-state index in [2.05, 4.69) is 17.6 Å². The van der Waals surface area contributed by atoms with Gasteiger partial charge in [0.15, 0.2) is 0 Å². The molecule has 0 saturated heterocycles. The lowest BCUT2D eigenvalue weighted by atomic mass is 9.92. The number of aryl methyl sites for hydroxylation is 1. The summed E-state index contributed by atoms with van der Waals surface area (Å²) in [7, 11) is 1.67. The first-order valence-electron chi connectivity index (χ1n) is 6.43. The third-order valence-electron chi connectivity index (χ3n) is 3.14. The minimum Gasteiger partial charge on any atom is -0.469 e. The number of amides is 1. The minimum atomic E-state index is -0.381. The molecule has 1 aromatic rings. The molecule has 0 radical (unpaired) electrons. The molecule has 0 saturated carbocycles. The molecule has 1 rings (SSSR count). The number of furan rings is 1. The van der Waals surface area contributed by atoms with Crippen LogP contribution in [0.25, 0.3) is 0 Å². The van der Waals surface area contributed by atoms with E-state index in [0.29, 0.717) is 12.6 Å². The van der Waals surface area contributed by atoms with Gasteiger partial charge < -0.3 is 15.1 Å². The molecule has 0 aliphatic heterocycles. The van der Waals surface area contributed by atoms with Crippen molar-refractivity contribution in [3.05, 3.63) is 24.2 Å². The molecular formula is C14H24N2O2. The number of nitrogens with one attached hydrogen (secondary N) is 2. The normalized spacial score (nSPS) is 13.3. The Morgan fingerprint density at radius 2 is 2.22 bits per heavy atom. The van der Waals surface area contributed by atoms with Crippen LogP contribution in [0.15, 0.2) is 22.8 Å². The summed E-state index contributed by atoms with van der Waals surface area (Å²) in [6, 6.07) is 4.25. The predicted molar refractivity (Wildman–Crippen MR) is 72.3 cm³/mol. The van der Waals surface area contributed by atoms with Gasteiger partial charge in [-0.3, -0.25) is 4.79 Å². The van der Waals surface area contributed by atoms with E-state index in [4.69, 9.17) is 4.42 Å². The second-order valence-corrected chi connectivity index (χ2v) is 5.36. The summed E-state index contributed by atoms with van der Waals surface area (Å²) < 4.78 is 5.29. The molecule has 0 fully saturated rings. The maximum atomic E-state index is 11.6. The lowest BCUT2D eigenvalue weighted by molar-refractivity contribution is -0.128. The van der Waals surface area contributed by atoms with Crippen molar-refractivity contribution in [1.29, 1.82) is 0 Å². The highest BCUT2D eigenvalue weighted by atomic mass is 16.3. The summed E-state index contributed by atoms with van der Waals surface area (Å²) in [4.78, 5) is 11.6. The number of rotatable bonds is 7. The van der Waals surface area contributed by atoms with Crippen LogP contribution >= 0.6 is 0 Å². The number of carbonyl (C=O) groups is 1. The fourth-order valence-corrected chi connectivity index (χ4v) is 1.76. The van der Waals surface area contributed by atoms with Gasteiger partial charge in [0.2, 0.25) is 5.91 Å². The molecule has 0 aromatic carbocycles. The van der Waals surface area contributed by atoms with Crippen LogP contribution in [0.1, 0.15) is 33.0 Å². The Hall–Kier alpha value is -1.29. The van der Waals surface area contributed by atoms with E-state index in [1.165, 1.54) is 0 Å². The largest absolute Gasteiger partial charge is 0.469 e. The van der Waals surface area contributed by atoms with E-state index < -0.39 is 0 Å². The molecule has 1 heterocycles. The minimum absolute atomic E-state index is 0.0632. The highest BCUT2D eigenvalue weighted by molar-refractivity contribution is 5.81. The topological polar surface area (TPSA) is 54.3 Å². The number of hydrogen-bond acceptors (Lipinski definition) is 3. The van der Waals surface area contributed by atoms with Crippen molar-refractivity contribution < 1.29 is 9.21 Å². The van der Waals surface area contributed by atoms with Crippen molar-refractivity contribution >= 4 is 5.91 Å². The molecule has 1 atom stereocenters. The second kappa shape index (κ2) is 6.59. The zero-order valence-corrected chi connectivity index (χ0v) is 11.7. The van der Waals surface area contributed by atoms with E-state index in [1.54, 1.807) is 13.3 Å². The molecule has 1 unspecified atom stereocenters. The van der Waals surface area contributed by atoms with Gasteiger partial charge in [0, 0.05) is 26.1 Å². The third-order valence-corrected chi connectivity index (χ3v) is 3.14. The smallest absolute Gasteiger partial charge is 0.226 e. The van der Waals surface area contributed by atoms with Crippen molar-refractivity contribution in [1.82, 2.24) is 10.6 Å². The van der Waals surface area contributed by atoms with Crippen LogP contribution in [0.4, 0.5) is 0 Å². The van der Waals surface area contributed by atoms with E-state index in [0.717, 1.165) is 18.6 Å². The van der Waals surface area contributed by atoms with Gasteiger partial charge in [0.05, 0.1) is 11.7 Å². The summed E-state index contributed by atoms with van der Waals surface area (Å²) >= 11 is 0. The SMILES string of the molecule is CNC(=O)C(C)(C)CNC(C)CCc1ccco1. The Morgan fingerprint density at radius 3 is 2.78 bits per heavy atom. The van der Waals surface area contributed by atoms with Crippen LogP contribution in [-0.4, -0.2) is 25.5 Å². The fourth-order valence-electron chi connectivity index (χ4n) is 1.76. The number of hydrogen-bond donors (Lipinski definition) is 2. The molecule has 2 N–H and O–H groups in total. The molecular weight excluding hydrogens is 228 g/mol. The highest BCUT2D eigenvalue weighted by Crippen LogP contribution is 2.14. The molecule has 1 amide bonds. The molecule has 0 aliphatic carbocycles. The molecule has 4 heteroatoms. The van der Waals surface area contributed by atoms with Crippen LogP contribution in [-0.2, 0) is 11.2 Å². The molecule has 102 valence electrons. The Bertz CT molecular complexity index is 358. The Balaban J connectivity index is 2.28. The predicted octanol–water partition coefficient (Wildman–Crippen LogP) is 1.96. The first-order chi connectivity index (χ1) is 8.45. The maximum Gasteiger partial charge on any atom is 0.226 e. The van der Waals surface area contributed by atoms with Gasteiger partial charge in [0.1, 0.15) is 5.76 Å². The van der Waals surface area contributed by atoms with Gasteiger partial charge >= 0.3 is 0 Å². The molecule has 18 heavy (non-hydrogen) atoms. The second-order valence-electron chi connectivity index (χ2n) is 5.36. The first kappa shape index (κ1) is 14.8. The van der Waals surface area contributed by atoms with E-state index in [-0.39, 0.29) is 11.3 Å². The molecule has 1 aromatic heterocycles. The molecule has 0 bridgehead atoms. The van der Waals surface area contributed by atoms with Crippen molar-refractivity contribution in [2.75, 3.05) is 13.6 Å². The van der Waals surface area contributed by atoms with E-state index >= 15 is 0 Å². The van der Waals surface area contributed by atoms with Crippen molar-refractivity contribution in [2.45, 2.75) is 39.7 Å². The monoisotopic (exact) mass is 252 g/mol. The van der Waals surface area contributed by atoms with Gasteiger partial charge in [-0.1, -0.05) is 0 Å². The summed E-state index contributed by atoms with van der Waals surface area (Å²) in [5.41, 5.74) is -0.381. The van der Waals surface area contributed by atoms with Gasteiger partial charge in [-0.05, 0) is 39.3 Å². The van der Waals surface area contributed by atoms with Crippen LogP contribution in [0, 0.1) is 5.41 Å². The van der Waals surface area contributed by atoms with Gasteiger partial charge in [-0.15, -0.1) is 0 Å². The lowest BCUT2D eigenvalue weighted by Gasteiger charge is -2.25. The summed E-state index contributed by atoms with van der Waals surface area (Å²) in [5, 5.41) is 6.09. The Morgan fingerprint density at radius 1 is 1.50 bits per heavy atom. The molecule has 0 spiro atoms. The van der Waals surface area contributed by atoms with Crippen molar-refractivity contribution in [3.8, 4) is 0 Å². The van der Waals surface area contributed by atoms with Crippen LogP contribution in [0.3, 0.4) is 0 Å². The summed E-state index contributed by atoms with van der Waals surface area (Å²) in [5.74, 6) is 1.07. The Labute approximate surface area is 109 Å². The van der Waals surface area contributed by atoms with Crippen molar-refractivity contribution in [2.24, 2.45) is 5.41 Å². The average molecular weight is 252 g/mol. The third kappa shape index (κ3) is 4.53. The first-order valence-corrected chi connectivity index (χ1v) is 6.43. The molecule has 4 nitrogen and oxygen atoms in total. The fraction of sp³-hybridized carbons (Fsp3) is 0.643. The van der Waals surface area contributed by atoms with E-state index in [9.17, 15) is 4.79 Å². The maximum absolute atomic E-state index is 11.6. The summed E-state index contributed by atoms with van der Waals surface area (Å²) in [6.45, 7) is 6.69. The zero-order chi connectivity index (χ0) is 13.6. The van der Waals surface area contributed by atoms with Gasteiger partial charge in [-0.25, -0.2) is 0 Å². The van der Waals surface area contributed by atoms with E-state index in [1.807, 2.05) is 26.0 Å². The standard InChI is InChI=1S/C14H24N2O2/c1-11(7-8-12-6-5-9-18-12)16-10-14(2,3)13(17)15-4/h5-6,9,11,16H,7-8,10H2,1-4H3,(H,15,17). The quantitative estimate of drug-likeness (QED) is 0.780. The zero-order valence-electron chi connectivity index (χ0n) is 11.7. The van der Waals surface area contributed by atoms with Crippen LogP contribution in [0.2, 0.25) is 0 Å². The van der Waals surface area contributed by atoms with Gasteiger partial charge in [0.25, 0.3) is 0 Å². The lowest BCUT2D eigenvalue weighted by Crippen LogP contribution is -2.44. The molecule has 0 aliphatic rings.